The van der Waals surface area contributed by atoms with Crippen molar-refractivity contribution in [3.8, 4) is 0 Å². The molecular weight excluding hydrogens is 346 g/mol. The van der Waals surface area contributed by atoms with Crippen molar-refractivity contribution in [1.29, 1.82) is 0 Å². The molecule has 0 atom stereocenters. The Morgan fingerprint density at radius 3 is 2.38 bits per heavy atom. The van der Waals surface area contributed by atoms with Crippen LogP contribution in [-0.2, 0) is 5.75 Å². The first-order chi connectivity index (χ1) is 12.7. The lowest BCUT2D eigenvalue weighted by Gasteiger charge is -2.04. The van der Waals surface area contributed by atoms with E-state index in [0.717, 1.165) is 27.7 Å². The molecule has 1 N–H and O–H groups in total. The van der Waals surface area contributed by atoms with Gasteiger partial charge in [0.2, 0.25) is 0 Å². The second kappa shape index (κ2) is 8.87. The molecule has 6 nitrogen and oxygen atoms in total. The first kappa shape index (κ1) is 17.8. The molecule has 2 aromatic heterocycles. The molecule has 3 aromatic rings. The molecule has 7 heteroatoms. The molecule has 0 saturated heterocycles. The van der Waals surface area contributed by atoms with Gasteiger partial charge in [0.1, 0.15) is 0 Å². The van der Waals surface area contributed by atoms with Crippen molar-refractivity contribution >= 4 is 23.4 Å². The van der Waals surface area contributed by atoms with Gasteiger partial charge in [0.25, 0.3) is 5.91 Å². The topological polar surface area (TPSA) is 80.1 Å². The minimum Gasteiger partial charge on any atom is -0.267 e. The second-order valence-corrected chi connectivity index (χ2v) is 6.33. The highest BCUT2D eigenvalue weighted by atomic mass is 32.2. The molecule has 0 fully saturated rings. The van der Waals surface area contributed by atoms with E-state index in [0.29, 0.717) is 5.56 Å². The van der Waals surface area contributed by atoms with Gasteiger partial charge >= 0.3 is 0 Å². The smallest absolute Gasteiger partial charge is 0.267 e. The molecule has 0 unspecified atom stereocenters. The number of hydrogen-bond donors (Lipinski definition) is 1. The zero-order chi connectivity index (χ0) is 18.2. The van der Waals surface area contributed by atoms with E-state index in [9.17, 15) is 4.79 Å². The predicted octanol–water partition coefficient (Wildman–Crippen LogP) is 3.32. The van der Waals surface area contributed by atoms with Crippen LogP contribution in [0.25, 0.3) is 0 Å². The molecule has 0 aliphatic heterocycles. The van der Waals surface area contributed by atoms with Gasteiger partial charge in [-0.15, -0.1) is 0 Å². The molecule has 3 rings (SSSR count). The molecule has 130 valence electrons. The van der Waals surface area contributed by atoms with Crippen molar-refractivity contribution in [2.75, 3.05) is 0 Å². The van der Waals surface area contributed by atoms with Crippen molar-refractivity contribution in [2.24, 2.45) is 5.10 Å². The van der Waals surface area contributed by atoms with Crippen LogP contribution in [0.1, 0.15) is 28.4 Å². The SMILES string of the molecule is C/C(=N\NC(=O)c1ccc(CSc2ncccn2)cc1)c1ccncc1. The molecule has 26 heavy (non-hydrogen) atoms. The lowest BCUT2D eigenvalue weighted by molar-refractivity contribution is 0.0955. The van der Waals surface area contributed by atoms with Crippen molar-refractivity contribution in [2.45, 2.75) is 17.8 Å². The predicted molar refractivity (Wildman–Crippen MR) is 102 cm³/mol. The van der Waals surface area contributed by atoms with Gasteiger partial charge in [-0.3, -0.25) is 9.78 Å². The zero-order valence-electron chi connectivity index (χ0n) is 14.2. The van der Waals surface area contributed by atoms with E-state index in [1.807, 2.05) is 31.2 Å². The molecule has 0 bridgehead atoms. The number of thioether (sulfide) groups is 1. The summed E-state index contributed by atoms with van der Waals surface area (Å²) in [6.45, 7) is 1.83. The van der Waals surface area contributed by atoms with Crippen LogP contribution in [0.15, 0.2) is 77.5 Å². The van der Waals surface area contributed by atoms with E-state index < -0.39 is 0 Å². The summed E-state index contributed by atoms with van der Waals surface area (Å²) in [5, 5.41) is 4.87. The quantitative estimate of drug-likeness (QED) is 0.314. The van der Waals surface area contributed by atoms with Crippen molar-refractivity contribution in [1.82, 2.24) is 20.4 Å². The number of pyridine rings is 1. The third-order valence-electron chi connectivity index (χ3n) is 3.55. The number of carbonyl (C=O) groups is 1. The number of hydrazone groups is 1. The lowest BCUT2D eigenvalue weighted by atomic mass is 10.1. The van der Waals surface area contributed by atoms with E-state index in [-0.39, 0.29) is 5.91 Å². The van der Waals surface area contributed by atoms with Gasteiger partial charge in [-0.1, -0.05) is 23.9 Å². The Hall–Kier alpha value is -3.06. The minimum absolute atomic E-state index is 0.246. The van der Waals surface area contributed by atoms with Crippen LogP contribution in [0.4, 0.5) is 0 Å². The lowest BCUT2D eigenvalue weighted by Crippen LogP contribution is -2.19. The number of nitrogens with one attached hydrogen (secondary N) is 1. The molecular formula is C19H17N5OS. The first-order valence-corrected chi connectivity index (χ1v) is 8.95. The molecule has 0 aliphatic rings. The van der Waals surface area contributed by atoms with Gasteiger partial charge in [0.15, 0.2) is 5.16 Å². The Bertz CT molecular complexity index is 883. The fourth-order valence-corrected chi connectivity index (χ4v) is 2.88. The number of rotatable bonds is 6. The van der Waals surface area contributed by atoms with E-state index in [4.69, 9.17) is 0 Å². The first-order valence-electron chi connectivity index (χ1n) is 7.96. The summed E-state index contributed by atoms with van der Waals surface area (Å²) >= 11 is 1.55. The normalized spacial score (nSPS) is 11.2. The standard InChI is InChI=1S/C19H17N5OS/c1-14(16-7-11-20-12-8-16)23-24-18(25)17-5-3-15(4-6-17)13-26-19-21-9-2-10-22-19/h2-12H,13H2,1H3,(H,24,25)/b23-14+. The van der Waals surface area contributed by atoms with Crippen LogP contribution >= 0.6 is 11.8 Å². The monoisotopic (exact) mass is 363 g/mol. The molecule has 1 amide bonds. The number of benzene rings is 1. The molecule has 0 radical (unpaired) electrons. The molecule has 0 aliphatic carbocycles. The van der Waals surface area contributed by atoms with Gasteiger partial charge in [0.05, 0.1) is 5.71 Å². The average Bonchev–Trinajstić information content (AvgIpc) is 2.72. The molecule has 1 aromatic carbocycles. The molecule has 0 saturated carbocycles. The van der Waals surface area contributed by atoms with Crippen molar-refractivity contribution < 1.29 is 4.79 Å². The van der Waals surface area contributed by atoms with Crippen LogP contribution in [0, 0.1) is 0 Å². The Balaban J connectivity index is 1.57. The number of hydrogen-bond acceptors (Lipinski definition) is 6. The largest absolute Gasteiger partial charge is 0.271 e. The van der Waals surface area contributed by atoms with Gasteiger partial charge in [0, 0.05) is 41.7 Å². The number of amides is 1. The van der Waals surface area contributed by atoms with E-state index in [2.05, 4.69) is 25.5 Å². The molecule has 2 heterocycles. The number of nitrogens with zero attached hydrogens (tertiary/aromatic N) is 4. The average molecular weight is 363 g/mol. The van der Waals surface area contributed by atoms with Crippen LogP contribution in [0.5, 0.6) is 0 Å². The third kappa shape index (κ3) is 4.97. The van der Waals surface area contributed by atoms with Gasteiger partial charge in [-0.05, 0) is 42.8 Å². The summed E-state index contributed by atoms with van der Waals surface area (Å²) in [5.74, 6) is 0.495. The Labute approximate surface area is 155 Å². The van der Waals surface area contributed by atoms with E-state index in [1.54, 1.807) is 54.7 Å². The highest BCUT2D eigenvalue weighted by Crippen LogP contribution is 2.18. The maximum atomic E-state index is 12.2. The summed E-state index contributed by atoms with van der Waals surface area (Å²) in [7, 11) is 0. The van der Waals surface area contributed by atoms with E-state index >= 15 is 0 Å². The second-order valence-electron chi connectivity index (χ2n) is 5.39. The van der Waals surface area contributed by atoms with Crippen LogP contribution < -0.4 is 5.43 Å². The van der Waals surface area contributed by atoms with Crippen molar-refractivity contribution in [3.05, 3.63) is 83.9 Å². The highest BCUT2D eigenvalue weighted by Gasteiger charge is 2.06. The maximum Gasteiger partial charge on any atom is 0.271 e. The summed E-state index contributed by atoms with van der Waals surface area (Å²) in [6, 6.07) is 12.9. The van der Waals surface area contributed by atoms with Gasteiger partial charge in [-0.2, -0.15) is 5.10 Å². The number of carbonyl (C=O) groups excluding carboxylic acids is 1. The number of aromatic nitrogens is 3. The fraction of sp³-hybridized carbons (Fsp3) is 0.105. The van der Waals surface area contributed by atoms with Crippen LogP contribution in [0.2, 0.25) is 0 Å². The minimum atomic E-state index is -0.246. The van der Waals surface area contributed by atoms with Crippen LogP contribution in [-0.4, -0.2) is 26.6 Å². The summed E-state index contributed by atoms with van der Waals surface area (Å²) in [5.41, 5.74) is 5.86. The summed E-state index contributed by atoms with van der Waals surface area (Å²) < 4.78 is 0. The Kier molecular flexibility index (Phi) is 6.05. The van der Waals surface area contributed by atoms with Crippen LogP contribution in [0.3, 0.4) is 0 Å². The fourth-order valence-electron chi connectivity index (χ4n) is 2.12. The molecule has 0 spiro atoms. The van der Waals surface area contributed by atoms with Crippen molar-refractivity contribution in [3.63, 3.8) is 0 Å². The van der Waals surface area contributed by atoms with E-state index in [1.165, 1.54) is 0 Å². The zero-order valence-corrected chi connectivity index (χ0v) is 15.0. The Morgan fingerprint density at radius 1 is 1.00 bits per heavy atom. The van der Waals surface area contributed by atoms with Gasteiger partial charge in [-0.25, -0.2) is 15.4 Å². The third-order valence-corrected chi connectivity index (χ3v) is 4.50. The van der Waals surface area contributed by atoms with Gasteiger partial charge < -0.3 is 0 Å². The summed E-state index contributed by atoms with van der Waals surface area (Å²) in [4.78, 5) is 24.5. The Morgan fingerprint density at radius 2 is 1.69 bits per heavy atom. The maximum absolute atomic E-state index is 12.2. The highest BCUT2D eigenvalue weighted by molar-refractivity contribution is 7.98. The summed E-state index contributed by atoms with van der Waals surface area (Å²) in [6.07, 6.45) is 6.81.